The molecule has 3 heterocycles. The van der Waals surface area contributed by atoms with Gasteiger partial charge in [-0.05, 0) is 56.8 Å². The molecule has 1 aliphatic carbocycles. The molecular weight excluding hydrogens is 378 g/mol. The SMILES string of the molecule is C[C@H]1C[C@H](N2CCC2)CC[C@@H]1n1cc(C(N)=O)c(Nc2ccc(C(F)F)nc2)n1. The Balaban J connectivity index is 1.51. The molecule has 0 spiro atoms. The van der Waals surface area contributed by atoms with Crippen molar-refractivity contribution >= 4 is 17.4 Å². The molecule has 1 aliphatic heterocycles. The normalized spacial score (nSPS) is 25.0. The van der Waals surface area contributed by atoms with E-state index in [4.69, 9.17) is 5.73 Å². The fourth-order valence-corrected chi connectivity index (χ4v) is 4.36. The standard InChI is InChI=1S/C20H26F2N6O/c1-12-9-14(27-7-2-8-27)4-6-17(12)28-11-15(19(23)29)20(26-28)25-13-3-5-16(18(21)22)24-10-13/h3,5,10-12,14,17-18H,2,4,6-9H2,1H3,(H2,23,29)(H,25,26)/t12-,14+,17-/m0/s1. The molecule has 0 unspecified atom stereocenters. The first-order chi connectivity index (χ1) is 13.9. The van der Waals surface area contributed by atoms with E-state index < -0.39 is 12.3 Å². The van der Waals surface area contributed by atoms with Gasteiger partial charge in [0.2, 0.25) is 0 Å². The molecular formula is C20H26F2N6O. The number of likely N-dealkylation sites (tertiary alicyclic amines) is 1. The lowest BCUT2D eigenvalue weighted by Gasteiger charge is -2.44. The van der Waals surface area contributed by atoms with Crippen LogP contribution in [0.2, 0.25) is 0 Å². The van der Waals surface area contributed by atoms with Crippen LogP contribution < -0.4 is 11.1 Å². The number of carbonyl (C=O) groups is 1. The van der Waals surface area contributed by atoms with Crippen molar-refractivity contribution in [3.05, 3.63) is 35.8 Å². The molecule has 0 aromatic carbocycles. The highest BCUT2D eigenvalue weighted by atomic mass is 19.3. The first-order valence-electron chi connectivity index (χ1n) is 10.1. The highest BCUT2D eigenvalue weighted by molar-refractivity contribution is 5.98. The molecule has 4 rings (SSSR count). The summed E-state index contributed by atoms with van der Waals surface area (Å²) in [6, 6.07) is 3.56. The highest BCUT2D eigenvalue weighted by Crippen LogP contribution is 2.37. The van der Waals surface area contributed by atoms with Crippen LogP contribution in [0.1, 0.15) is 61.1 Å². The van der Waals surface area contributed by atoms with Gasteiger partial charge in [-0.15, -0.1) is 0 Å². The number of primary amides is 1. The van der Waals surface area contributed by atoms with Crippen molar-refractivity contribution in [3.63, 3.8) is 0 Å². The van der Waals surface area contributed by atoms with Gasteiger partial charge >= 0.3 is 0 Å². The third-order valence-corrected chi connectivity index (χ3v) is 6.11. The van der Waals surface area contributed by atoms with E-state index in [1.54, 1.807) is 6.20 Å². The predicted molar refractivity (Wildman–Crippen MR) is 105 cm³/mol. The molecule has 9 heteroatoms. The number of aromatic nitrogens is 3. The van der Waals surface area contributed by atoms with Crippen molar-refractivity contribution in [2.24, 2.45) is 11.7 Å². The van der Waals surface area contributed by atoms with Crippen LogP contribution in [-0.4, -0.2) is 44.7 Å². The fraction of sp³-hybridized carbons (Fsp3) is 0.550. The first kappa shape index (κ1) is 19.8. The van der Waals surface area contributed by atoms with Crippen LogP contribution in [0.25, 0.3) is 0 Å². The minimum atomic E-state index is -2.63. The minimum absolute atomic E-state index is 0.195. The third kappa shape index (κ3) is 4.10. The first-order valence-corrected chi connectivity index (χ1v) is 10.1. The number of carbonyl (C=O) groups excluding carboxylic acids is 1. The molecule has 2 aromatic rings. The maximum absolute atomic E-state index is 12.7. The Morgan fingerprint density at radius 3 is 2.66 bits per heavy atom. The number of alkyl halides is 2. The lowest BCUT2D eigenvalue weighted by Crippen LogP contribution is -2.48. The Labute approximate surface area is 168 Å². The van der Waals surface area contributed by atoms with Crippen molar-refractivity contribution < 1.29 is 13.6 Å². The number of amides is 1. The summed E-state index contributed by atoms with van der Waals surface area (Å²) in [5, 5.41) is 7.57. The second-order valence-electron chi connectivity index (χ2n) is 8.03. The molecule has 2 fully saturated rings. The van der Waals surface area contributed by atoms with Crippen LogP contribution in [-0.2, 0) is 0 Å². The maximum atomic E-state index is 12.7. The van der Waals surface area contributed by atoms with Crippen molar-refractivity contribution in [2.45, 2.75) is 51.1 Å². The van der Waals surface area contributed by atoms with Gasteiger partial charge in [0.25, 0.3) is 12.3 Å². The summed E-state index contributed by atoms with van der Waals surface area (Å²) in [5.74, 6) is 0.161. The molecule has 1 saturated heterocycles. The average Bonchev–Trinajstić information content (AvgIpc) is 3.04. The second kappa shape index (κ2) is 8.06. The minimum Gasteiger partial charge on any atom is -0.365 e. The van der Waals surface area contributed by atoms with Crippen LogP contribution in [0, 0.1) is 5.92 Å². The molecule has 29 heavy (non-hydrogen) atoms. The van der Waals surface area contributed by atoms with Gasteiger partial charge in [0.15, 0.2) is 5.82 Å². The molecule has 1 saturated carbocycles. The number of anilines is 2. The molecule has 0 radical (unpaired) electrons. The summed E-state index contributed by atoms with van der Waals surface area (Å²) in [4.78, 5) is 18.2. The van der Waals surface area contributed by atoms with E-state index >= 15 is 0 Å². The third-order valence-electron chi connectivity index (χ3n) is 6.11. The molecule has 3 atom stereocenters. The van der Waals surface area contributed by atoms with Gasteiger partial charge in [0, 0.05) is 12.2 Å². The zero-order valence-corrected chi connectivity index (χ0v) is 16.4. The number of nitrogens with two attached hydrogens (primary N) is 1. The lowest BCUT2D eigenvalue weighted by molar-refractivity contribution is 0.0572. The number of nitrogens with zero attached hydrogens (tertiary/aromatic N) is 4. The fourth-order valence-electron chi connectivity index (χ4n) is 4.36. The van der Waals surface area contributed by atoms with Crippen LogP contribution in [0.5, 0.6) is 0 Å². The average molecular weight is 404 g/mol. The Morgan fingerprint density at radius 1 is 1.31 bits per heavy atom. The Kier molecular flexibility index (Phi) is 5.49. The quantitative estimate of drug-likeness (QED) is 0.769. The van der Waals surface area contributed by atoms with Gasteiger partial charge in [-0.25, -0.2) is 8.78 Å². The number of hydrogen-bond donors (Lipinski definition) is 2. The number of rotatable bonds is 6. The van der Waals surface area contributed by atoms with Crippen LogP contribution in [0.15, 0.2) is 24.5 Å². The van der Waals surface area contributed by atoms with E-state index in [9.17, 15) is 13.6 Å². The van der Waals surface area contributed by atoms with Gasteiger partial charge in [0.05, 0.1) is 17.9 Å². The van der Waals surface area contributed by atoms with E-state index in [0.29, 0.717) is 23.5 Å². The number of nitrogens with one attached hydrogen (secondary N) is 1. The predicted octanol–water partition coefficient (Wildman–Crippen LogP) is 3.49. The summed E-state index contributed by atoms with van der Waals surface area (Å²) in [5.41, 5.74) is 5.99. The van der Waals surface area contributed by atoms with Crippen molar-refractivity contribution in [1.29, 1.82) is 0 Å². The zero-order chi connectivity index (χ0) is 20.5. The monoisotopic (exact) mass is 404 g/mol. The van der Waals surface area contributed by atoms with E-state index in [1.807, 2.05) is 4.68 Å². The van der Waals surface area contributed by atoms with Gasteiger partial charge in [-0.1, -0.05) is 6.92 Å². The summed E-state index contributed by atoms with van der Waals surface area (Å²) < 4.78 is 27.2. The van der Waals surface area contributed by atoms with Crippen molar-refractivity contribution in [1.82, 2.24) is 19.7 Å². The highest BCUT2D eigenvalue weighted by Gasteiger charge is 2.34. The van der Waals surface area contributed by atoms with Gasteiger partial charge < -0.3 is 16.0 Å². The number of halogens is 2. The lowest BCUT2D eigenvalue weighted by atomic mass is 9.81. The van der Waals surface area contributed by atoms with Crippen molar-refractivity contribution in [3.8, 4) is 0 Å². The molecule has 0 bridgehead atoms. The summed E-state index contributed by atoms with van der Waals surface area (Å²) in [7, 11) is 0. The van der Waals surface area contributed by atoms with E-state index in [1.165, 1.54) is 37.8 Å². The topological polar surface area (TPSA) is 89.1 Å². The summed E-state index contributed by atoms with van der Waals surface area (Å²) in [6.45, 7) is 4.62. The Bertz CT molecular complexity index is 864. The molecule has 7 nitrogen and oxygen atoms in total. The van der Waals surface area contributed by atoms with E-state index in [0.717, 1.165) is 19.3 Å². The largest absolute Gasteiger partial charge is 0.365 e. The Morgan fingerprint density at radius 2 is 2.10 bits per heavy atom. The van der Waals surface area contributed by atoms with Gasteiger partial charge in [-0.3, -0.25) is 14.5 Å². The van der Waals surface area contributed by atoms with E-state index in [2.05, 4.69) is 27.2 Å². The number of pyridine rings is 1. The zero-order valence-electron chi connectivity index (χ0n) is 16.4. The van der Waals surface area contributed by atoms with E-state index in [-0.39, 0.29) is 17.3 Å². The maximum Gasteiger partial charge on any atom is 0.280 e. The molecule has 156 valence electrons. The van der Waals surface area contributed by atoms with Crippen molar-refractivity contribution in [2.75, 3.05) is 18.4 Å². The second-order valence-corrected chi connectivity index (χ2v) is 8.03. The molecule has 3 N–H and O–H groups in total. The van der Waals surface area contributed by atoms with Crippen LogP contribution >= 0.6 is 0 Å². The van der Waals surface area contributed by atoms with Gasteiger partial charge in [0.1, 0.15) is 11.3 Å². The van der Waals surface area contributed by atoms with Gasteiger partial charge in [-0.2, -0.15) is 5.10 Å². The smallest absolute Gasteiger partial charge is 0.280 e. The number of hydrogen-bond acceptors (Lipinski definition) is 5. The molecule has 2 aliphatic rings. The Hall–Kier alpha value is -2.55. The summed E-state index contributed by atoms with van der Waals surface area (Å²) >= 11 is 0. The molecule has 2 aromatic heterocycles. The molecule has 1 amide bonds. The van der Waals surface area contributed by atoms with Crippen LogP contribution in [0.3, 0.4) is 0 Å². The van der Waals surface area contributed by atoms with Crippen LogP contribution in [0.4, 0.5) is 20.3 Å². The summed E-state index contributed by atoms with van der Waals surface area (Å²) in [6.07, 6.45) is 4.87.